The summed E-state index contributed by atoms with van der Waals surface area (Å²) in [6.45, 7) is 1.73. The first-order chi connectivity index (χ1) is 39.3. The lowest BCUT2D eigenvalue weighted by Crippen LogP contribution is -2.03. The number of ether oxygens (including phenoxy) is 7. The van der Waals surface area contributed by atoms with E-state index in [0.717, 1.165) is 44.5 Å². The molecule has 394 valence electrons. The molecule has 17 heteroatoms. The van der Waals surface area contributed by atoms with Crippen molar-refractivity contribution in [2.45, 2.75) is 52.9 Å². The van der Waals surface area contributed by atoms with Gasteiger partial charge in [-0.1, -0.05) is 47.1 Å². The van der Waals surface area contributed by atoms with Gasteiger partial charge in [0.15, 0.2) is 23.3 Å². The van der Waals surface area contributed by atoms with Crippen molar-refractivity contribution in [2.75, 3.05) is 46.2 Å². The minimum absolute atomic E-state index is 0.0720. The zero-order chi connectivity index (χ0) is 55.8. The van der Waals surface area contributed by atoms with Gasteiger partial charge in [0.2, 0.25) is 0 Å². The summed E-state index contributed by atoms with van der Waals surface area (Å²) in [5, 5.41) is 2.66. The van der Waals surface area contributed by atoms with Gasteiger partial charge in [0.1, 0.15) is 68.8 Å². The van der Waals surface area contributed by atoms with Crippen molar-refractivity contribution < 1.29 is 37.7 Å². The molecule has 4 aromatic carbocycles. The van der Waals surface area contributed by atoms with Gasteiger partial charge in [-0.2, -0.15) is 0 Å². The zero-order valence-electron chi connectivity index (χ0n) is 43.3. The Labute approximate surface area is 464 Å². The van der Waals surface area contributed by atoms with Crippen molar-refractivity contribution in [2.24, 2.45) is 0 Å². The molecule has 0 fully saturated rings. The van der Waals surface area contributed by atoms with E-state index in [1.54, 1.807) is 0 Å². The lowest BCUT2D eigenvalue weighted by atomic mass is 9.99. The molecule has 0 saturated heterocycles. The fraction of sp³-hybridized carbons (Fsp3) is 0.238. The van der Waals surface area contributed by atoms with E-state index in [0.29, 0.717) is 89.7 Å². The fourth-order valence-electron chi connectivity index (χ4n) is 9.10. The van der Waals surface area contributed by atoms with E-state index in [-0.39, 0.29) is 108 Å². The van der Waals surface area contributed by atoms with Gasteiger partial charge in [-0.3, -0.25) is 0 Å². The number of benzene rings is 4. The normalized spacial score (nSPS) is 11.2. The topological polar surface area (TPSA) is 183 Å². The molecule has 0 radical (unpaired) electrons. The molecule has 1 unspecified atom stereocenters. The van der Waals surface area contributed by atoms with E-state index in [1.165, 1.54) is 0 Å². The molecule has 2 aliphatic rings. The van der Waals surface area contributed by atoms with E-state index >= 15 is 0 Å². The van der Waals surface area contributed by atoms with Crippen LogP contribution in [0.15, 0.2) is 48.5 Å². The maximum Gasteiger partial charge on any atom is 0.164 e. The van der Waals surface area contributed by atoms with Gasteiger partial charge in [0, 0.05) is 43.8 Å². The van der Waals surface area contributed by atoms with E-state index in [9.17, 15) is 0 Å². The molecule has 2 aliphatic heterocycles. The van der Waals surface area contributed by atoms with Crippen LogP contribution in [0.5, 0.6) is 0 Å². The first-order valence-corrected chi connectivity index (χ1v) is 25.6. The highest BCUT2D eigenvalue weighted by Gasteiger charge is 2.26. The van der Waals surface area contributed by atoms with Crippen LogP contribution < -0.4 is 0 Å². The summed E-state index contributed by atoms with van der Waals surface area (Å²) in [6, 6.07) is 15.7. The molecule has 0 saturated carbocycles. The second kappa shape index (κ2) is 26.9. The van der Waals surface area contributed by atoms with Gasteiger partial charge in [-0.25, -0.2) is 29.9 Å². The van der Waals surface area contributed by atoms with Crippen LogP contribution >= 0.6 is 8.81 Å². The summed E-state index contributed by atoms with van der Waals surface area (Å²) < 4.78 is 47.3. The molecule has 8 bridgehead atoms. The standard InChI is InChI=1S/C63H49N8O8P/c1-9-17-72-32-40-24-48-49(25-41(40)33-73-18-10-2)57-64-56(48)65-58-50-26-42(34-74-19-11-3)43(35-75-20-12-4)27-51(50)60(67-58)69-62-54-30-46(38-78-23-15-7)47(39-79-80-16-8)31-55(54)63(71-62)70-61-53-29-45(37-77-22-14-6)44(36-76-21-13-5)28-52(53)59(66-57)68-61/h1-8,24-31,80H,17-23,32-39H2,(H2,64,65,66,67,68,69,70,71). The molecule has 0 amide bonds. The average molecular weight is 1080 g/mol. The number of hydrogen-bond acceptors (Lipinski definition) is 14. The number of rotatable bonds is 24. The van der Waals surface area contributed by atoms with Crippen LogP contribution in [0, 0.1) is 98.5 Å². The number of nitrogens with zero attached hydrogens (tertiary/aromatic N) is 6. The number of H-pyrrole nitrogens is 2. The van der Waals surface area contributed by atoms with Gasteiger partial charge in [0.25, 0.3) is 0 Å². The van der Waals surface area contributed by atoms with Gasteiger partial charge < -0.3 is 47.6 Å². The number of aromatic nitrogens is 8. The predicted molar refractivity (Wildman–Crippen MR) is 307 cm³/mol. The van der Waals surface area contributed by atoms with Crippen LogP contribution in [0.25, 0.3) is 89.7 Å². The van der Waals surface area contributed by atoms with Crippen LogP contribution in [0.2, 0.25) is 0 Å². The third-order valence-corrected chi connectivity index (χ3v) is 13.0. The van der Waals surface area contributed by atoms with Gasteiger partial charge in [-0.05, 0) is 93.0 Å². The SMILES string of the molecule is C#CCOCc1cc2c(cc1COCC#C)-c1nc-2nc2[nH]c(nc3nc(nc4[nH]c(n1)c1cc(COCC#C)c(COCC#C)cc41)-c1cc(COPC#C)c(COCC#C)cc1-3)c1cc(COCC#C)c(COCC#C)cc21. The lowest BCUT2D eigenvalue weighted by molar-refractivity contribution is 0.138. The number of aromatic amines is 2. The second-order valence-corrected chi connectivity index (χ2v) is 18.5. The van der Waals surface area contributed by atoms with Crippen molar-refractivity contribution in [3.05, 3.63) is 93.0 Å². The highest BCUT2D eigenvalue weighted by molar-refractivity contribution is 7.38. The van der Waals surface area contributed by atoms with E-state index < -0.39 is 0 Å². The first-order valence-electron chi connectivity index (χ1n) is 24.7. The molecule has 1 atom stereocenters. The number of nitrogens with one attached hydrogen (secondary N) is 2. The molecular formula is C63H49N8O8P. The summed E-state index contributed by atoms with van der Waals surface area (Å²) >= 11 is 0. The van der Waals surface area contributed by atoms with Crippen molar-refractivity contribution in [3.8, 4) is 144 Å². The van der Waals surface area contributed by atoms with E-state index in [4.69, 9.17) is 119 Å². The van der Waals surface area contributed by atoms with Gasteiger partial charge >= 0.3 is 0 Å². The van der Waals surface area contributed by atoms with Crippen molar-refractivity contribution in [1.82, 2.24) is 39.9 Å². The third-order valence-electron chi connectivity index (χ3n) is 12.6. The van der Waals surface area contributed by atoms with Gasteiger partial charge in [0.05, 0.1) is 61.7 Å². The lowest BCUT2D eigenvalue weighted by Gasteiger charge is -2.12. The smallest absolute Gasteiger partial charge is 0.164 e. The van der Waals surface area contributed by atoms with Crippen LogP contribution in [0.4, 0.5) is 0 Å². The molecule has 5 heterocycles. The minimum atomic E-state index is -0.196. The molecule has 7 aromatic rings. The Bertz CT molecular complexity index is 3560. The van der Waals surface area contributed by atoms with Crippen LogP contribution in [-0.2, 0) is 90.5 Å². The van der Waals surface area contributed by atoms with Crippen molar-refractivity contribution in [1.29, 1.82) is 0 Å². The molecular weight excluding hydrogens is 1030 g/mol. The quantitative estimate of drug-likeness (QED) is 0.0333. The summed E-state index contributed by atoms with van der Waals surface area (Å²) in [4.78, 5) is 38.8. The third kappa shape index (κ3) is 12.6. The summed E-state index contributed by atoms with van der Waals surface area (Å²) in [5.41, 5.74) is 12.9. The molecule has 3 aromatic heterocycles. The van der Waals surface area contributed by atoms with Crippen molar-refractivity contribution >= 4 is 52.9 Å². The van der Waals surface area contributed by atoms with Crippen LogP contribution in [0.3, 0.4) is 0 Å². The molecule has 0 aliphatic carbocycles. The molecule has 16 nitrogen and oxygen atoms in total. The first kappa shape index (κ1) is 55.6. The minimum Gasteiger partial charge on any atom is -0.364 e. The Hall–Kier alpha value is -9.17. The van der Waals surface area contributed by atoms with Gasteiger partial charge in [-0.15, -0.1) is 51.4 Å². The van der Waals surface area contributed by atoms with E-state index in [1.807, 2.05) is 48.5 Å². The monoisotopic (exact) mass is 1080 g/mol. The summed E-state index contributed by atoms with van der Waals surface area (Å²) in [6.07, 6.45) is 45.0. The Morgan fingerprint density at radius 3 is 0.762 bits per heavy atom. The Morgan fingerprint density at radius 1 is 0.312 bits per heavy atom. The Kier molecular flexibility index (Phi) is 18.7. The number of hydrogen-bond donors (Lipinski definition) is 2. The Morgan fingerprint density at radius 2 is 0.537 bits per heavy atom. The van der Waals surface area contributed by atoms with Crippen LogP contribution in [0.1, 0.15) is 44.5 Å². The fourth-order valence-corrected chi connectivity index (χ4v) is 9.41. The molecule has 80 heavy (non-hydrogen) atoms. The van der Waals surface area contributed by atoms with E-state index in [2.05, 4.69) is 57.1 Å². The zero-order valence-corrected chi connectivity index (χ0v) is 44.3. The number of fused-ring (bicyclic) bond motifs is 20. The highest BCUT2D eigenvalue weighted by atomic mass is 31.1. The summed E-state index contributed by atoms with van der Waals surface area (Å²) in [5.74, 6) is 19.1. The second-order valence-electron chi connectivity index (χ2n) is 17.7. The Balaban J connectivity index is 1.43. The predicted octanol–water partition coefficient (Wildman–Crippen LogP) is 8.62. The molecule has 9 rings (SSSR count). The van der Waals surface area contributed by atoms with Crippen molar-refractivity contribution in [3.63, 3.8) is 0 Å². The molecule has 0 spiro atoms. The molecule has 2 N–H and O–H groups in total. The average Bonchev–Trinajstić information content (AvgIpc) is 4.23. The maximum atomic E-state index is 5.94. The summed E-state index contributed by atoms with van der Waals surface area (Å²) in [7, 11) is -0.196. The number of terminal acetylenes is 8. The largest absolute Gasteiger partial charge is 0.364 e. The maximum absolute atomic E-state index is 5.94. The highest BCUT2D eigenvalue weighted by Crippen LogP contribution is 2.41. The van der Waals surface area contributed by atoms with Crippen LogP contribution in [-0.4, -0.2) is 86.1 Å².